The van der Waals surface area contributed by atoms with Crippen LogP contribution in [0.3, 0.4) is 0 Å². The Morgan fingerprint density at radius 1 is 0.909 bits per heavy atom. The summed E-state index contributed by atoms with van der Waals surface area (Å²) in [6.07, 6.45) is 0. The van der Waals surface area contributed by atoms with E-state index in [1.165, 1.54) is 12.1 Å². The fraction of sp³-hybridized carbons (Fsp3) is 0.133. The fourth-order valence-corrected chi connectivity index (χ4v) is 2.59. The first-order valence-corrected chi connectivity index (χ1v) is 7.53. The molecule has 0 radical (unpaired) electrons. The number of carbonyl (C=O) groups excluding carboxylic acids is 1. The lowest BCUT2D eigenvalue weighted by Crippen LogP contribution is -2.17. The standard InChI is InChI=1S/C15H10Cl3NO3/c16-9-6-11(18)12(7-10(9)17)19-15(20)8-1-2-13-14(5-8)22-4-3-21-13/h1-2,5-7H,3-4H2,(H,19,20). The van der Waals surface area contributed by atoms with E-state index in [-0.39, 0.29) is 5.91 Å². The molecular formula is C15H10Cl3NO3. The average Bonchev–Trinajstić information content (AvgIpc) is 2.52. The van der Waals surface area contributed by atoms with Crippen molar-refractivity contribution in [1.82, 2.24) is 0 Å². The molecule has 4 nitrogen and oxygen atoms in total. The zero-order valence-corrected chi connectivity index (χ0v) is 13.4. The molecule has 0 atom stereocenters. The van der Waals surface area contributed by atoms with E-state index in [1.807, 2.05) is 0 Å². The minimum absolute atomic E-state index is 0.306. The molecule has 0 saturated heterocycles. The highest BCUT2D eigenvalue weighted by molar-refractivity contribution is 6.44. The number of benzene rings is 2. The Kier molecular flexibility index (Phi) is 4.34. The van der Waals surface area contributed by atoms with Crippen molar-refractivity contribution < 1.29 is 14.3 Å². The monoisotopic (exact) mass is 357 g/mol. The van der Waals surface area contributed by atoms with Crippen LogP contribution in [0.1, 0.15) is 10.4 Å². The minimum Gasteiger partial charge on any atom is -0.486 e. The van der Waals surface area contributed by atoms with Crippen molar-refractivity contribution in [3.8, 4) is 11.5 Å². The van der Waals surface area contributed by atoms with Crippen LogP contribution in [-0.2, 0) is 0 Å². The van der Waals surface area contributed by atoms with Gasteiger partial charge in [-0.1, -0.05) is 34.8 Å². The van der Waals surface area contributed by atoms with E-state index in [9.17, 15) is 4.79 Å². The molecule has 7 heteroatoms. The van der Waals surface area contributed by atoms with Crippen molar-refractivity contribution >= 4 is 46.4 Å². The molecule has 1 N–H and O–H groups in total. The summed E-state index contributed by atoms with van der Waals surface area (Å²) in [5.41, 5.74) is 0.808. The number of fused-ring (bicyclic) bond motifs is 1. The van der Waals surface area contributed by atoms with E-state index >= 15 is 0 Å². The second-order valence-electron chi connectivity index (χ2n) is 4.56. The van der Waals surface area contributed by atoms with Crippen LogP contribution in [-0.4, -0.2) is 19.1 Å². The third kappa shape index (κ3) is 3.09. The second kappa shape index (κ2) is 6.24. The molecule has 0 saturated carbocycles. The van der Waals surface area contributed by atoms with E-state index in [0.717, 1.165) is 0 Å². The third-order valence-electron chi connectivity index (χ3n) is 3.06. The molecular weight excluding hydrogens is 349 g/mol. The first-order chi connectivity index (χ1) is 10.5. The maximum Gasteiger partial charge on any atom is 0.255 e. The molecule has 0 unspecified atom stereocenters. The Bertz CT molecular complexity index is 749. The summed E-state index contributed by atoms with van der Waals surface area (Å²) >= 11 is 17.8. The van der Waals surface area contributed by atoms with Gasteiger partial charge in [0.2, 0.25) is 0 Å². The maximum absolute atomic E-state index is 12.3. The van der Waals surface area contributed by atoms with Crippen LogP contribution < -0.4 is 14.8 Å². The van der Waals surface area contributed by atoms with Crippen LogP contribution >= 0.6 is 34.8 Å². The normalized spacial score (nSPS) is 12.9. The van der Waals surface area contributed by atoms with Gasteiger partial charge in [-0.25, -0.2) is 0 Å². The average molecular weight is 359 g/mol. The van der Waals surface area contributed by atoms with Crippen LogP contribution in [0.25, 0.3) is 0 Å². The van der Waals surface area contributed by atoms with Crippen LogP contribution in [0, 0.1) is 0 Å². The highest BCUT2D eigenvalue weighted by Crippen LogP contribution is 2.34. The van der Waals surface area contributed by atoms with Crippen molar-refractivity contribution in [2.75, 3.05) is 18.5 Å². The molecule has 0 aromatic heterocycles. The summed E-state index contributed by atoms with van der Waals surface area (Å²) in [7, 11) is 0. The van der Waals surface area contributed by atoms with Gasteiger partial charge in [-0.15, -0.1) is 0 Å². The quantitative estimate of drug-likeness (QED) is 0.794. The molecule has 0 fully saturated rings. The molecule has 1 amide bonds. The molecule has 114 valence electrons. The number of nitrogens with one attached hydrogen (secondary N) is 1. The fourth-order valence-electron chi connectivity index (χ4n) is 2.00. The summed E-state index contributed by atoms with van der Waals surface area (Å²) in [6.45, 7) is 0.952. The zero-order valence-electron chi connectivity index (χ0n) is 11.2. The summed E-state index contributed by atoms with van der Waals surface area (Å²) in [5.74, 6) is 0.826. The lowest BCUT2D eigenvalue weighted by Gasteiger charge is -2.18. The van der Waals surface area contributed by atoms with Gasteiger partial charge in [0.1, 0.15) is 13.2 Å². The molecule has 1 aliphatic heterocycles. The van der Waals surface area contributed by atoms with E-state index < -0.39 is 0 Å². The Balaban J connectivity index is 1.84. The van der Waals surface area contributed by atoms with Crippen molar-refractivity contribution in [3.63, 3.8) is 0 Å². The van der Waals surface area contributed by atoms with E-state index in [4.69, 9.17) is 44.3 Å². The Morgan fingerprint density at radius 3 is 2.36 bits per heavy atom. The molecule has 2 aromatic carbocycles. The smallest absolute Gasteiger partial charge is 0.255 e. The first-order valence-electron chi connectivity index (χ1n) is 6.40. The molecule has 0 aliphatic carbocycles. The van der Waals surface area contributed by atoms with Gasteiger partial charge in [-0.05, 0) is 30.3 Å². The number of hydrogen-bond acceptors (Lipinski definition) is 3. The predicted molar refractivity (Wildman–Crippen MR) is 86.9 cm³/mol. The molecule has 1 heterocycles. The molecule has 2 aromatic rings. The van der Waals surface area contributed by atoms with Gasteiger partial charge >= 0.3 is 0 Å². The second-order valence-corrected chi connectivity index (χ2v) is 5.78. The van der Waals surface area contributed by atoms with E-state index in [0.29, 0.717) is 51.0 Å². The molecule has 22 heavy (non-hydrogen) atoms. The van der Waals surface area contributed by atoms with Crippen molar-refractivity contribution in [3.05, 3.63) is 51.0 Å². The van der Waals surface area contributed by atoms with Gasteiger partial charge in [0.15, 0.2) is 11.5 Å². The number of hydrogen-bond donors (Lipinski definition) is 1. The van der Waals surface area contributed by atoms with Crippen LogP contribution in [0.2, 0.25) is 15.1 Å². The molecule has 1 aliphatic rings. The number of rotatable bonds is 2. The van der Waals surface area contributed by atoms with Crippen molar-refractivity contribution in [1.29, 1.82) is 0 Å². The van der Waals surface area contributed by atoms with Gasteiger partial charge < -0.3 is 14.8 Å². The maximum atomic E-state index is 12.3. The Labute approximate surface area is 141 Å². The predicted octanol–water partition coefficient (Wildman–Crippen LogP) is 4.67. The summed E-state index contributed by atoms with van der Waals surface area (Å²) in [5, 5.41) is 3.63. The van der Waals surface area contributed by atoms with E-state index in [1.54, 1.807) is 18.2 Å². The summed E-state index contributed by atoms with van der Waals surface area (Å²) < 4.78 is 10.9. The summed E-state index contributed by atoms with van der Waals surface area (Å²) in [4.78, 5) is 12.3. The lowest BCUT2D eigenvalue weighted by atomic mass is 10.1. The van der Waals surface area contributed by atoms with Crippen molar-refractivity contribution in [2.45, 2.75) is 0 Å². The largest absolute Gasteiger partial charge is 0.486 e. The molecule has 0 spiro atoms. The number of ether oxygens (including phenoxy) is 2. The van der Waals surface area contributed by atoms with Gasteiger partial charge in [0, 0.05) is 5.56 Å². The van der Waals surface area contributed by atoms with Gasteiger partial charge in [-0.2, -0.15) is 0 Å². The Morgan fingerprint density at radius 2 is 1.59 bits per heavy atom. The third-order valence-corrected chi connectivity index (χ3v) is 4.10. The first kappa shape index (κ1) is 15.3. The number of amides is 1. The minimum atomic E-state index is -0.336. The van der Waals surface area contributed by atoms with Crippen LogP contribution in [0.5, 0.6) is 11.5 Å². The SMILES string of the molecule is O=C(Nc1cc(Cl)c(Cl)cc1Cl)c1ccc2c(c1)OCCO2. The lowest BCUT2D eigenvalue weighted by molar-refractivity contribution is 0.102. The molecule has 0 bridgehead atoms. The van der Waals surface area contributed by atoms with Gasteiger partial charge in [-0.3, -0.25) is 4.79 Å². The highest BCUT2D eigenvalue weighted by atomic mass is 35.5. The Hall–Kier alpha value is -1.62. The molecule has 3 rings (SSSR count). The van der Waals surface area contributed by atoms with Crippen LogP contribution in [0.15, 0.2) is 30.3 Å². The summed E-state index contributed by atoms with van der Waals surface area (Å²) in [6, 6.07) is 7.94. The van der Waals surface area contributed by atoms with E-state index in [2.05, 4.69) is 5.32 Å². The van der Waals surface area contributed by atoms with Gasteiger partial charge in [0.25, 0.3) is 5.91 Å². The zero-order chi connectivity index (χ0) is 15.7. The highest BCUT2D eigenvalue weighted by Gasteiger charge is 2.16. The van der Waals surface area contributed by atoms with Crippen LogP contribution in [0.4, 0.5) is 5.69 Å². The number of halogens is 3. The van der Waals surface area contributed by atoms with Gasteiger partial charge in [0.05, 0.1) is 20.8 Å². The number of anilines is 1. The number of carbonyl (C=O) groups is 1. The van der Waals surface area contributed by atoms with Crippen molar-refractivity contribution in [2.24, 2.45) is 0 Å². The topological polar surface area (TPSA) is 47.6 Å².